The predicted molar refractivity (Wildman–Crippen MR) is 87.8 cm³/mol. The minimum absolute atomic E-state index is 0.196. The Bertz CT molecular complexity index is 846. The lowest BCUT2D eigenvalue weighted by Gasteiger charge is -2.01. The number of methoxy groups -OCH3 is 1. The first-order valence-corrected chi connectivity index (χ1v) is 7.52. The zero-order valence-corrected chi connectivity index (χ0v) is 13.8. The Balaban J connectivity index is 1.65. The number of carbonyl (C=O) groups excluding carboxylic acids is 1. The molecule has 0 saturated heterocycles. The molecule has 0 radical (unpaired) electrons. The summed E-state index contributed by atoms with van der Waals surface area (Å²) in [6.07, 6.45) is 0. The van der Waals surface area contributed by atoms with E-state index in [0.29, 0.717) is 28.5 Å². The van der Waals surface area contributed by atoms with Gasteiger partial charge in [0.15, 0.2) is 5.76 Å². The summed E-state index contributed by atoms with van der Waals surface area (Å²) in [5, 5.41) is 6.80. The van der Waals surface area contributed by atoms with Crippen molar-refractivity contribution < 1.29 is 18.5 Å². The molecule has 2 heterocycles. The SMILES string of the molecule is COc1ccc(-c2cc(CNC(=O)c3cc(C)oc3C)no2)cc1. The molecule has 0 aliphatic heterocycles. The molecule has 1 N–H and O–H groups in total. The molecule has 0 aliphatic carbocycles. The molecule has 3 aromatic rings. The van der Waals surface area contributed by atoms with Gasteiger partial charge in [-0.3, -0.25) is 4.79 Å². The Kier molecular flexibility index (Phi) is 4.37. The van der Waals surface area contributed by atoms with Gasteiger partial charge in [-0.15, -0.1) is 0 Å². The van der Waals surface area contributed by atoms with E-state index in [1.165, 1.54) is 0 Å². The molecule has 0 aliphatic rings. The monoisotopic (exact) mass is 326 g/mol. The number of aromatic nitrogens is 1. The van der Waals surface area contributed by atoms with Crippen molar-refractivity contribution in [1.29, 1.82) is 0 Å². The van der Waals surface area contributed by atoms with Gasteiger partial charge >= 0.3 is 0 Å². The van der Waals surface area contributed by atoms with Crippen LogP contribution in [-0.4, -0.2) is 18.2 Å². The van der Waals surface area contributed by atoms with Gasteiger partial charge in [0.25, 0.3) is 5.91 Å². The second kappa shape index (κ2) is 6.62. The van der Waals surface area contributed by atoms with Gasteiger partial charge in [-0.2, -0.15) is 0 Å². The number of furan rings is 1. The summed E-state index contributed by atoms with van der Waals surface area (Å²) in [4.78, 5) is 12.2. The third-order valence-corrected chi connectivity index (χ3v) is 3.65. The van der Waals surface area contributed by atoms with E-state index < -0.39 is 0 Å². The molecule has 6 nitrogen and oxygen atoms in total. The summed E-state index contributed by atoms with van der Waals surface area (Å²) >= 11 is 0. The lowest BCUT2D eigenvalue weighted by molar-refractivity contribution is 0.0948. The first kappa shape index (κ1) is 15.9. The highest BCUT2D eigenvalue weighted by molar-refractivity contribution is 5.95. The Morgan fingerprint density at radius 2 is 1.96 bits per heavy atom. The van der Waals surface area contributed by atoms with Crippen molar-refractivity contribution in [3.8, 4) is 17.1 Å². The normalized spacial score (nSPS) is 10.6. The molecule has 2 aromatic heterocycles. The first-order chi connectivity index (χ1) is 11.6. The number of carbonyl (C=O) groups is 1. The number of ether oxygens (including phenoxy) is 1. The second-order valence-corrected chi connectivity index (χ2v) is 5.42. The van der Waals surface area contributed by atoms with Crippen molar-refractivity contribution in [3.05, 3.63) is 59.2 Å². The third-order valence-electron chi connectivity index (χ3n) is 3.65. The molecular formula is C18H18N2O4. The molecule has 0 fully saturated rings. The van der Waals surface area contributed by atoms with E-state index >= 15 is 0 Å². The van der Waals surface area contributed by atoms with Gasteiger partial charge in [-0.1, -0.05) is 5.16 Å². The fourth-order valence-corrected chi connectivity index (χ4v) is 2.41. The van der Waals surface area contributed by atoms with Crippen molar-refractivity contribution in [3.63, 3.8) is 0 Å². The Labute approximate surface area is 139 Å². The second-order valence-electron chi connectivity index (χ2n) is 5.42. The van der Waals surface area contributed by atoms with E-state index in [0.717, 1.165) is 11.3 Å². The molecular weight excluding hydrogens is 308 g/mol. The summed E-state index contributed by atoms with van der Waals surface area (Å²) in [5.74, 6) is 2.53. The number of hydrogen-bond donors (Lipinski definition) is 1. The topological polar surface area (TPSA) is 77.5 Å². The predicted octanol–water partition coefficient (Wildman–Crippen LogP) is 3.49. The van der Waals surface area contributed by atoms with Gasteiger partial charge < -0.3 is 19.0 Å². The smallest absolute Gasteiger partial charge is 0.255 e. The summed E-state index contributed by atoms with van der Waals surface area (Å²) < 4.78 is 15.8. The Morgan fingerprint density at radius 1 is 1.21 bits per heavy atom. The fraction of sp³-hybridized carbons (Fsp3) is 0.222. The molecule has 0 saturated carbocycles. The highest BCUT2D eigenvalue weighted by atomic mass is 16.5. The van der Waals surface area contributed by atoms with Crippen LogP contribution in [0, 0.1) is 13.8 Å². The van der Waals surface area contributed by atoms with Crippen molar-refractivity contribution in [2.75, 3.05) is 7.11 Å². The Hall–Kier alpha value is -3.02. The summed E-state index contributed by atoms with van der Waals surface area (Å²) in [6.45, 7) is 3.85. The molecule has 1 amide bonds. The number of rotatable bonds is 5. The molecule has 3 rings (SSSR count). The van der Waals surface area contributed by atoms with Crippen LogP contribution in [0.15, 0.2) is 45.3 Å². The number of nitrogens with zero attached hydrogens (tertiary/aromatic N) is 1. The average Bonchev–Trinajstić information content (AvgIpc) is 3.19. The van der Waals surface area contributed by atoms with Crippen molar-refractivity contribution in [1.82, 2.24) is 10.5 Å². The third kappa shape index (κ3) is 3.32. The molecule has 0 bridgehead atoms. The summed E-state index contributed by atoms with van der Waals surface area (Å²) in [7, 11) is 1.62. The van der Waals surface area contributed by atoms with Crippen molar-refractivity contribution in [2.45, 2.75) is 20.4 Å². The van der Waals surface area contributed by atoms with Crippen LogP contribution in [0.1, 0.15) is 27.6 Å². The van der Waals surface area contributed by atoms with Crippen LogP contribution < -0.4 is 10.1 Å². The van der Waals surface area contributed by atoms with Crippen LogP contribution in [0.5, 0.6) is 5.75 Å². The van der Waals surface area contributed by atoms with Crippen molar-refractivity contribution in [2.24, 2.45) is 0 Å². The Morgan fingerprint density at radius 3 is 2.58 bits per heavy atom. The molecule has 6 heteroatoms. The maximum absolute atomic E-state index is 12.2. The molecule has 1 aromatic carbocycles. The number of amides is 1. The molecule has 24 heavy (non-hydrogen) atoms. The number of aryl methyl sites for hydroxylation is 2. The van der Waals surface area contributed by atoms with E-state index in [2.05, 4.69) is 10.5 Å². The van der Waals surface area contributed by atoms with Crippen LogP contribution in [0.25, 0.3) is 11.3 Å². The number of benzene rings is 1. The van der Waals surface area contributed by atoms with Crippen LogP contribution in [0.2, 0.25) is 0 Å². The zero-order chi connectivity index (χ0) is 17.1. The number of hydrogen-bond acceptors (Lipinski definition) is 5. The maximum Gasteiger partial charge on any atom is 0.255 e. The van der Waals surface area contributed by atoms with Crippen LogP contribution in [-0.2, 0) is 6.54 Å². The van der Waals surface area contributed by atoms with Gasteiger partial charge in [0.05, 0.1) is 19.2 Å². The first-order valence-electron chi connectivity index (χ1n) is 7.52. The van der Waals surface area contributed by atoms with Gasteiger partial charge in [0.2, 0.25) is 0 Å². The van der Waals surface area contributed by atoms with Gasteiger partial charge in [0.1, 0.15) is 23.0 Å². The van der Waals surface area contributed by atoms with E-state index in [-0.39, 0.29) is 12.5 Å². The van der Waals surface area contributed by atoms with Crippen molar-refractivity contribution >= 4 is 5.91 Å². The molecule has 0 unspecified atom stereocenters. The zero-order valence-electron chi connectivity index (χ0n) is 13.8. The minimum atomic E-state index is -0.196. The van der Waals surface area contributed by atoms with Gasteiger partial charge in [-0.25, -0.2) is 0 Å². The molecule has 0 atom stereocenters. The van der Waals surface area contributed by atoms with Crippen LogP contribution in [0.4, 0.5) is 0 Å². The van der Waals surface area contributed by atoms with E-state index in [4.69, 9.17) is 13.7 Å². The highest BCUT2D eigenvalue weighted by Gasteiger charge is 2.14. The van der Waals surface area contributed by atoms with Crippen LogP contribution in [0.3, 0.4) is 0 Å². The summed E-state index contributed by atoms with van der Waals surface area (Å²) in [5.41, 5.74) is 2.07. The fourth-order valence-electron chi connectivity index (χ4n) is 2.41. The molecule has 0 spiro atoms. The highest BCUT2D eigenvalue weighted by Crippen LogP contribution is 2.23. The van der Waals surface area contributed by atoms with Gasteiger partial charge in [0, 0.05) is 11.6 Å². The van der Waals surface area contributed by atoms with E-state index in [1.807, 2.05) is 31.2 Å². The molecule has 124 valence electrons. The lowest BCUT2D eigenvalue weighted by atomic mass is 10.1. The van der Waals surface area contributed by atoms with E-state index in [1.54, 1.807) is 26.2 Å². The van der Waals surface area contributed by atoms with Gasteiger partial charge in [-0.05, 0) is 44.2 Å². The number of nitrogens with one attached hydrogen (secondary N) is 1. The standard InChI is InChI=1S/C18H18N2O4/c1-11-8-16(12(2)23-11)18(21)19-10-14-9-17(24-20-14)13-4-6-15(22-3)7-5-13/h4-9H,10H2,1-3H3,(H,19,21). The quantitative estimate of drug-likeness (QED) is 0.776. The lowest BCUT2D eigenvalue weighted by Crippen LogP contribution is -2.23. The average molecular weight is 326 g/mol. The summed E-state index contributed by atoms with van der Waals surface area (Å²) in [6, 6.07) is 11.0. The maximum atomic E-state index is 12.2. The minimum Gasteiger partial charge on any atom is -0.497 e. The van der Waals surface area contributed by atoms with Crippen LogP contribution >= 0.6 is 0 Å². The van der Waals surface area contributed by atoms with E-state index in [9.17, 15) is 4.79 Å². The largest absolute Gasteiger partial charge is 0.497 e.